The highest BCUT2D eigenvalue weighted by molar-refractivity contribution is 5.71. The van der Waals surface area contributed by atoms with Crippen molar-refractivity contribution < 1.29 is 28.6 Å². The summed E-state index contributed by atoms with van der Waals surface area (Å²) in [5.74, 6) is -0.978. The van der Waals surface area contributed by atoms with Crippen molar-refractivity contribution in [2.75, 3.05) is 13.2 Å². The van der Waals surface area contributed by atoms with Gasteiger partial charge in [-0.1, -0.05) is 153 Å². The van der Waals surface area contributed by atoms with Gasteiger partial charge in [0, 0.05) is 19.3 Å². The minimum absolute atomic E-state index is 0.0997. The molecule has 0 saturated carbocycles. The first kappa shape index (κ1) is 47.4. The molecule has 50 heavy (non-hydrogen) atoms. The first-order valence-corrected chi connectivity index (χ1v) is 20.6. The smallest absolute Gasteiger partial charge is 0.306 e. The average molecular weight is 701 g/mol. The molecule has 1 unspecified atom stereocenters. The van der Waals surface area contributed by atoms with E-state index in [1.165, 1.54) is 77.0 Å². The molecule has 0 aliphatic carbocycles. The summed E-state index contributed by atoms with van der Waals surface area (Å²) in [6, 6.07) is 0. The monoisotopic (exact) mass is 701 g/mol. The molecule has 0 aromatic carbocycles. The van der Waals surface area contributed by atoms with Gasteiger partial charge in [-0.2, -0.15) is 0 Å². The lowest BCUT2D eigenvalue weighted by atomic mass is 10.1. The first-order chi connectivity index (χ1) is 24.5. The highest BCUT2D eigenvalue weighted by Crippen LogP contribution is 2.13. The van der Waals surface area contributed by atoms with Crippen molar-refractivity contribution in [3.05, 3.63) is 48.6 Å². The molecule has 288 valence electrons. The molecule has 0 rings (SSSR count). The third kappa shape index (κ3) is 36.6. The molecule has 6 heteroatoms. The van der Waals surface area contributed by atoms with Crippen LogP contribution in [0.1, 0.15) is 194 Å². The number of esters is 3. The number of unbranched alkanes of at least 4 members (excludes halogenated alkanes) is 17. The minimum atomic E-state index is -0.792. The topological polar surface area (TPSA) is 78.9 Å². The Hall–Kier alpha value is -2.63. The van der Waals surface area contributed by atoms with Crippen LogP contribution in [0.2, 0.25) is 0 Å². The number of hydrogen-bond donors (Lipinski definition) is 0. The van der Waals surface area contributed by atoms with Gasteiger partial charge in [-0.25, -0.2) is 0 Å². The van der Waals surface area contributed by atoms with Gasteiger partial charge in [-0.15, -0.1) is 0 Å². The van der Waals surface area contributed by atoms with Crippen LogP contribution in [0.3, 0.4) is 0 Å². The summed E-state index contributed by atoms with van der Waals surface area (Å²) in [5, 5.41) is 0. The molecule has 0 aliphatic rings. The zero-order valence-corrected chi connectivity index (χ0v) is 32.7. The Labute approximate surface area is 307 Å². The summed E-state index contributed by atoms with van der Waals surface area (Å²) in [6.45, 7) is 6.39. The van der Waals surface area contributed by atoms with E-state index < -0.39 is 6.10 Å². The lowest BCUT2D eigenvalue weighted by Crippen LogP contribution is -2.30. The van der Waals surface area contributed by atoms with Gasteiger partial charge in [-0.3, -0.25) is 14.4 Å². The number of carbonyl (C=O) groups is 3. The molecule has 6 nitrogen and oxygen atoms in total. The fourth-order valence-electron chi connectivity index (χ4n) is 5.46. The molecule has 0 aliphatic heterocycles. The van der Waals surface area contributed by atoms with E-state index in [2.05, 4.69) is 69.4 Å². The van der Waals surface area contributed by atoms with Gasteiger partial charge < -0.3 is 14.2 Å². The number of hydrogen-bond acceptors (Lipinski definition) is 6. The van der Waals surface area contributed by atoms with Crippen LogP contribution in [0.25, 0.3) is 0 Å². The second kappa shape index (κ2) is 39.2. The maximum Gasteiger partial charge on any atom is 0.306 e. The minimum Gasteiger partial charge on any atom is -0.462 e. The van der Waals surface area contributed by atoms with Gasteiger partial charge in [0.15, 0.2) is 6.10 Å². The third-order valence-corrected chi connectivity index (χ3v) is 8.57. The fraction of sp³-hybridized carbons (Fsp3) is 0.750. The standard InChI is InChI=1S/C44H76O6/c1-4-7-10-13-16-19-21-23-25-28-31-34-37-43(46)49-40-41(39-48-42(45)36-33-30-27-24-18-15-12-9-6-3)50-44(47)38-35-32-29-26-22-20-17-14-11-8-5-2/h7,10,16,19,23-25,27,41H,4-6,8-9,11-15,17-18,20-22,26,28-40H2,1-3H3/b10-7-,19-16-,25-23-,27-24-. The number of allylic oxidation sites excluding steroid dienone is 8. The van der Waals surface area contributed by atoms with Gasteiger partial charge in [0.2, 0.25) is 0 Å². The van der Waals surface area contributed by atoms with E-state index in [4.69, 9.17) is 14.2 Å². The summed E-state index contributed by atoms with van der Waals surface area (Å²) < 4.78 is 16.5. The SMILES string of the molecule is CC/C=C\C/C=C\C/C=C\CCCCC(=O)OCC(COC(=O)CCC/C=C\CCCCCC)OC(=O)CCCCCCCCCCCCC. The van der Waals surface area contributed by atoms with Crippen molar-refractivity contribution in [2.45, 2.75) is 200 Å². The van der Waals surface area contributed by atoms with Crippen LogP contribution in [0.5, 0.6) is 0 Å². The molecule has 0 radical (unpaired) electrons. The molecule has 0 aromatic rings. The third-order valence-electron chi connectivity index (χ3n) is 8.57. The molecule has 0 amide bonds. The van der Waals surface area contributed by atoms with Crippen LogP contribution >= 0.6 is 0 Å². The van der Waals surface area contributed by atoms with E-state index in [-0.39, 0.29) is 31.1 Å². The molecular weight excluding hydrogens is 624 g/mol. The molecule has 0 aromatic heterocycles. The Balaban J connectivity index is 4.46. The van der Waals surface area contributed by atoms with Crippen LogP contribution in [0, 0.1) is 0 Å². The van der Waals surface area contributed by atoms with Gasteiger partial charge in [0.05, 0.1) is 0 Å². The van der Waals surface area contributed by atoms with Crippen molar-refractivity contribution in [1.29, 1.82) is 0 Å². The second-order valence-electron chi connectivity index (χ2n) is 13.5. The van der Waals surface area contributed by atoms with E-state index in [9.17, 15) is 14.4 Å². The molecule has 0 spiro atoms. The summed E-state index contributed by atoms with van der Waals surface area (Å²) in [6.07, 6.45) is 43.9. The quantitative estimate of drug-likeness (QED) is 0.0280. The van der Waals surface area contributed by atoms with Gasteiger partial charge in [-0.05, 0) is 70.6 Å². The predicted molar refractivity (Wildman–Crippen MR) is 210 cm³/mol. The van der Waals surface area contributed by atoms with Crippen molar-refractivity contribution in [3.63, 3.8) is 0 Å². The normalized spacial score (nSPS) is 12.5. The lowest BCUT2D eigenvalue weighted by molar-refractivity contribution is -0.167. The Morgan fingerprint density at radius 1 is 0.420 bits per heavy atom. The van der Waals surface area contributed by atoms with Crippen molar-refractivity contribution in [1.82, 2.24) is 0 Å². The first-order valence-electron chi connectivity index (χ1n) is 20.6. The summed E-state index contributed by atoms with van der Waals surface area (Å²) >= 11 is 0. The van der Waals surface area contributed by atoms with Crippen LogP contribution < -0.4 is 0 Å². The number of carbonyl (C=O) groups excluding carboxylic acids is 3. The Bertz CT molecular complexity index is 902. The van der Waals surface area contributed by atoms with Crippen LogP contribution in [0.4, 0.5) is 0 Å². The number of rotatable bonds is 36. The highest BCUT2D eigenvalue weighted by Gasteiger charge is 2.19. The molecule has 0 heterocycles. The zero-order chi connectivity index (χ0) is 36.6. The van der Waals surface area contributed by atoms with Gasteiger partial charge >= 0.3 is 17.9 Å². The zero-order valence-electron chi connectivity index (χ0n) is 32.7. The Morgan fingerprint density at radius 2 is 0.800 bits per heavy atom. The van der Waals surface area contributed by atoms with Crippen molar-refractivity contribution in [3.8, 4) is 0 Å². The van der Waals surface area contributed by atoms with E-state index in [0.717, 1.165) is 70.6 Å². The second-order valence-corrected chi connectivity index (χ2v) is 13.5. The maximum atomic E-state index is 12.6. The summed E-state index contributed by atoms with van der Waals surface area (Å²) in [4.78, 5) is 37.5. The Morgan fingerprint density at radius 3 is 1.36 bits per heavy atom. The summed E-state index contributed by atoms with van der Waals surface area (Å²) in [5.41, 5.74) is 0. The Kier molecular flexibility index (Phi) is 37.1. The van der Waals surface area contributed by atoms with E-state index in [1.807, 2.05) is 0 Å². The summed E-state index contributed by atoms with van der Waals surface area (Å²) in [7, 11) is 0. The van der Waals surface area contributed by atoms with Gasteiger partial charge in [0.25, 0.3) is 0 Å². The maximum absolute atomic E-state index is 12.6. The van der Waals surface area contributed by atoms with Crippen LogP contribution in [-0.4, -0.2) is 37.2 Å². The molecule has 0 bridgehead atoms. The van der Waals surface area contributed by atoms with Crippen LogP contribution in [0.15, 0.2) is 48.6 Å². The highest BCUT2D eigenvalue weighted by atomic mass is 16.6. The van der Waals surface area contributed by atoms with Crippen LogP contribution in [-0.2, 0) is 28.6 Å². The number of ether oxygens (including phenoxy) is 3. The largest absolute Gasteiger partial charge is 0.462 e. The van der Waals surface area contributed by atoms with E-state index in [0.29, 0.717) is 25.7 Å². The van der Waals surface area contributed by atoms with Crippen molar-refractivity contribution in [2.24, 2.45) is 0 Å². The van der Waals surface area contributed by atoms with Crippen molar-refractivity contribution >= 4 is 17.9 Å². The fourth-order valence-corrected chi connectivity index (χ4v) is 5.46. The van der Waals surface area contributed by atoms with E-state index >= 15 is 0 Å². The molecule has 0 saturated heterocycles. The van der Waals surface area contributed by atoms with Gasteiger partial charge in [0.1, 0.15) is 13.2 Å². The molecule has 0 N–H and O–H groups in total. The average Bonchev–Trinajstić information content (AvgIpc) is 3.11. The molecule has 0 fully saturated rings. The molecule has 1 atom stereocenters. The van der Waals surface area contributed by atoms with E-state index in [1.54, 1.807) is 0 Å². The predicted octanol–water partition coefficient (Wildman–Crippen LogP) is 12.8. The lowest BCUT2D eigenvalue weighted by Gasteiger charge is -2.18. The molecular formula is C44H76O6.